The molecule has 0 atom stereocenters. The van der Waals surface area contributed by atoms with Crippen LogP contribution in [0.2, 0.25) is 0 Å². The molecule has 3 aromatic rings. The Hall–Kier alpha value is -4.05. The summed E-state index contributed by atoms with van der Waals surface area (Å²) in [5, 5.41) is 14.7. The fourth-order valence-electron chi connectivity index (χ4n) is 2.41. The van der Waals surface area contributed by atoms with Crippen molar-refractivity contribution in [1.29, 1.82) is 0 Å². The number of para-hydroxylation sites is 1. The molecule has 30 heavy (non-hydrogen) atoms. The summed E-state index contributed by atoms with van der Waals surface area (Å²) in [7, 11) is -3.77. The van der Waals surface area contributed by atoms with Crippen LogP contribution < -0.4 is 9.57 Å². The molecule has 0 saturated carbocycles. The molecule has 0 aliphatic heterocycles. The van der Waals surface area contributed by atoms with Gasteiger partial charge in [-0.3, -0.25) is 10.1 Å². The lowest BCUT2D eigenvalue weighted by atomic mass is 10.2. The van der Waals surface area contributed by atoms with Crippen molar-refractivity contribution in [3.63, 3.8) is 0 Å². The lowest BCUT2D eigenvalue weighted by molar-refractivity contribution is -0.385. The van der Waals surface area contributed by atoms with Crippen molar-refractivity contribution in [2.75, 3.05) is 0 Å². The number of sulfonamides is 1. The Morgan fingerprint density at radius 1 is 0.967 bits per heavy atom. The monoisotopic (exact) mass is 425 g/mol. The van der Waals surface area contributed by atoms with E-state index >= 15 is 0 Å². The third-order valence-corrected chi connectivity index (χ3v) is 5.09. The quantitative estimate of drug-likeness (QED) is 0.204. The molecule has 0 bridgehead atoms. The van der Waals surface area contributed by atoms with Crippen LogP contribution in [0.1, 0.15) is 15.9 Å². The van der Waals surface area contributed by atoms with E-state index in [1.807, 2.05) is 0 Å². The van der Waals surface area contributed by atoms with Gasteiger partial charge in [0, 0.05) is 6.07 Å². The number of nitro benzene ring substituents is 1. The number of hydrogen-bond donors (Lipinski definition) is 1. The number of nitrogens with zero attached hydrogens (tertiary/aromatic N) is 2. The normalized spacial score (nSPS) is 11.2. The molecule has 10 heteroatoms. The topological polar surface area (TPSA) is 128 Å². The van der Waals surface area contributed by atoms with Gasteiger partial charge in [-0.05, 0) is 48.0 Å². The lowest BCUT2D eigenvalue weighted by Crippen LogP contribution is -2.18. The number of rotatable bonds is 7. The number of nitrogens with one attached hydrogen (secondary N) is 1. The molecule has 0 spiro atoms. The van der Waals surface area contributed by atoms with E-state index in [9.17, 15) is 23.3 Å². The summed E-state index contributed by atoms with van der Waals surface area (Å²) in [6.45, 7) is 0. The maximum absolute atomic E-state index is 12.2. The molecule has 9 nitrogen and oxygen atoms in total. The van der Waals surface area contributed by atoms with Crippen LogP contribution in [0.5, 0.6) is 5.75 Å². The minimum atomic E-state index is -3.77. The molecule has 0 fully saturated rings. The molecule has 0 saturated heterocycles. The summed E-state index contributed by atoms with van der Waals surface area (Å²) in [6, 6.07) is 19.3. The molecule has 0 aromatic heterocycles. The molecular weight excluding hydrogens is 410 g/mol. The summed E-state index contributed by atoms with van der Waals surface area (Å²) >= 11 is 0. The summed E-state index contributed by atoms with van der Waals surface area (Å²) in [5.74, 6) is -0.695. The number of hydrazone groups is 1. The van der Waals surface area contributed by atoms with Crippen molar-refractivity contribution in [2.24, 2.45) is 5.10 Å². The van der Waals surface area contributed by atoms with Crippen LogP contribution in [0.15, 0.2) is 88.9 Å². The molecule has 0 radical (unpaired) electrons. The van der Waals surface area contributed by atoms with Gasteiger partial charge in [0.15, 0.2) is 0 Å². The van der Waals surface area contributed by atoms with Gasteiger partial charge in [0.1, 0.15) is 11.3 Å². The first-order valence-electron chi connectivity index (χ1n) is 8.52. The van der Waals surface area contributed by atoms with Gasteiger partial charge >= 0.3 is 5.97 Å². The molecule has 3 rings (SSSR count). The molecule has 0 unspecified atom stereocenters. The second-order valence-corrected chi connectivity index (χ2v) is 7.56. The van der Waals surface area contributed by atoms with Gasteiger partial charge in [-0.1, -0.05) is 30.3 Å². The fourth-order valence-corrected chi connectivity index (χ4v) is 3.22. The van der Waals surface area contributed by atoms with Crippen molar-refractivity contribution in [2.45, 2.75) is 4.90 Å². The van der Waals surface area contributed by atoms with E-state index in [2.05, 4.69) is 9.93 Å². The standard InChI is InChI=1S/C20H15N3O6S/c24-20(18-8-4-5-9-19(18)23(25)26)29-16-12-10-15(11-13-16)14-21-22-30(27,28)17-6-2-1-3-7-17/h1-14,22H. The van der Waals surface area contributed by atoms with Crippen LogP contribution in [0.3, 0.4) is 0 Å². The zero-order chi connectivity index (χ0) is 21.6. The van der Waals surface area contributed by atoms with Crippen LogP contribution in [0.4, 0.5) is 5.69 Å². The average molecular weight is 425 g/mol. The van der Waals surface area contributed by atoms with E-state index in [0.29, 0.717) is 5.56 Å². The highest BCUT2D eigenvalue weighted by Gasteiger charge is 2.21. The predicted octanol–water partition coefficient (Wildman–Crippen LogP) is 3.13. The molecule has 0 heterocycles. The average Bonchev–Trinajstić information content (AvgIpc) is 2.75. The SMILES string of the molecule is O=C(Oc1ccc(C=NNS(=O)(=O)c2ccccc2)cc1)c1ccccc1[N+](=O)[O-]. The highest BCUT2D eigenvalue weighted by molar-refractivity contribution is 7.89. The summed E-state index contributed by atoms with van der Waals surface area (Å²) in [5.41, 5.74) is 0.0247. The number of carbonyl (C=O) groups excluding carboxylic acids is 1. The van der Waals surface area contributed by atoms with Gasteiger partial charge < -0.3 is 4.74 Å². The van der Waals surface area contributed by atoms with Gasteiger partial charge in [-0.2, -0.15) is 13.5 Å². The Morgan fingerprint density at radius 2 is 1.60 bits per heavy atom. The van der Waals surface area contributed by atoms with Gasteiger partial charge in [-0.25, -0.2) is 9.63 Å². The third kappa shape index (κ3) is 5.06. The zero-order valence-corrected chi connectivity index (χ0v) is 16.2. The first-order chi connectivity index (χ1) is 14.4. The smallest absolute Gasteiger partial charge is 0.350 e. The van der Waals surface area contributed by atoms with E-state index in [4.69, 9.17) is 4.74 Å². The van der Waals surface area contributed by atoms with Gasteiger partial charge in [0.2, 0.25) is 0 Å². The minimum Gasteiger partial charge on any atom is -0.423 e. The summed E-state index contributed by atoms with van der Waals surface area (Å²) in [4.78, 5) is 24.8. The minimum absolute atomic E-state index is 0.0828. The predicted molar refractivity (Wildman–Crippen MR) is 109 cm³/mol. The number of esters is 1. The van der Waals surface area contributed by atoms with E-state index in [0.717, 1.165) is 0 Å². The van der Waals surface area contributed by atoms with E-state index in [1.54, 1.807) is 30.3 Å². The number of carbonyl (C=O) groups is 1. The van der Waals surface area contributed by atoms with E-state index in [1.165, 1.54) is 54.7 Å². The molecule has 0 amide bonds. The first kappa shape index (κ1) is 20.7. The van der Waals surface area contributed by atoms with Crippen molar-refractivity contribution in [1.82, 2.24) is 4.83 Å². The number of benzene rings is 3. The van der Waals surface area contributed by atoms with Gasteiger partial charge in [0.05, 0.1) is 16.0 Å². The second-order valence-electron chi connectivity index (χ2n) is 5.90. The molecule has 0 aliphatic rings. The molecule has 3 aromatic carbocycles. The Kier molecular flexibility index (Phi) is 6.18. The molecule has 152 valence electrons. The highest BCUT2D eigenvalue weighted by atomic mass is 32.2. The van der Waals surface area contributed by atoms with Crippen LogP contribution in [0.25, 0.3) is 0 Å². The van der Waals surface area contributed by atoms with Crippen LogP contribution >= 0.6 is 0 Å². The molecule has 0 aliphatic carbocycles. The maximum atomic E-state index is 12.2. The van der Waals surface area contributed by atoms with Crippen LogP contribution in [0, 0.1) is 10.1 Å². The highest BCUT2D eigenvalue weighted by Crippen LogP contribution is 2.20. The van der Waals surface area contributed by atoms with Gasteiger partial charge in [-0.15, -0.1) is 0 Å². The van der Waals surface area contributed by atoms with Crippen molar-refractivity contribution in [3.05, 3.63) is 100 Å². The Balaban J connectivity index is 1.65. The fraction of sp³-hybridized carbons (Fsp3) is 0. The van der Waals surface area contributed by atoms with Crippen LogP contribution in [-0.4, -0.2) is 25.5 Å². The zero-order valence-electron chi connectivity index (χ0n) is 15.3. The number of hydrogen-bond acceptors (Lipinski definition) is 7. The largest absolute Gasteiger partial charge is 0.423 e. The lowest BCUT2D eigenvalue weighted by Gasteiger charge is -2.05. The Labute approximate surface area is 171 Å². The molecular formula is C20H15N3O6S. The van der Waals surface area contributed by atoms with Crippen LogP contribution in [-0.2, 0) is 10.0 Å². The molecule has 1 N–H and O–H groups in total. The Morgan fingerprint density at radius 3 is 2.27 bits per heavy atom. The van der Waals surface area contributed by atoms with Gasteiger partial charge in [0.25, 0.3) is 15.7 Å². The first-order valence-corrected chi connectivity index (χ1v) is 10.0. The van der Waals surface area contributed by atoms with E-state index < -0.39 is 20.9 Å². The van der Waals surface area contributed by atoms with Crippen molar-refractivity contribution < 1.29 is 22.9 Å². The van der Waals surface area contributed by atoms with Crippen molar-refractivity contribution in [3.8, 4) is 5.75 Å². The maximum Gasteiger partial charge on any atom is 0.350 e. The third-order valence-electron chi connectivity index (χ3n) is 3.85. The number of nitro groups is 1. The van der Waals surface area contributed by atoms with Crippen molar-refractivity contribution >= 4 is 27.9 Å². The second kappa shape index (κ2) is 8.97. The van der Waals surface area contributed by atoms with E-state index in [-0.39, 0.29) is 21.9 Å². The summed E-state index contributed by atoms with van der Waals surface area (Å²) < 4.78 is 29.3. The number of ether oxygens (including phenoxy) is 1. The summed E-state index contributed by atoms with van der Waals surface area (Å²) in [6.07, 6.45) is 1.29. The Bertz CT molecular complexity index is 1190.